The number of carbonyl (C=O) groups is 1. The van der Waals surface area contributed by atoms with Gasteiger partial charge in [0.05, 0.1) is 5.69 Å². The molecule has 0 saturated carbocycles. The number of ether oxygens (including phenoxy) is 1. The number of rotatable bonds is 8. The molecule has 2 aromatic carbocycles. The number of benzene rings is 2. The highest BCUT2D eigenvalue weighted by Crippen LogP contribution is 2.32. The molecule has 2 amide bonds. The van der Waals surface area contributed by atoms with Crippen molar-refractivity contribution in [2.24, 2.45) is 0 Å². The smallest absolute Gasteiger partial charge is 0.319 e. The third kappa shape index (κ3) is 6.42. The van der Waals surface area contributed by atoms with Crippen LogP contribution in [0.5, 0.6) is 5.75 Å². The first-order valence-electron chi connectivity index (χ1n) is 12.4. The minimum absolute atomic E-state index is 0.277. The van der Waals surface area contributed by atoms with Crippen molar-refractivity contribution >= 4 is 17.4 Å². The molecule has 2 aromatic heterocycles. The van der Waals surface area contributed by atoms with Gasteiger partial charge >= 0.3 is 6.03 Å². The SMILES string of the molecule is O=C(NCc1cccnc1)Nc1ccc(OCc2cccnc2-c2ccccc2N2CCNCC2)cc1. The van der Waals surface area contributed by atoms with Gasteiger partial charge in [-0.15, -0.1) is 0 Å². The zero-order valence-electron chi connectivity index (χ0n) is 20.6. The Kier molecular flexibility index (Phi) is 7.88. The quantitative estimate of drug-likeness (QED) is 0.335. The van der Waals surface area contributed by atoms with Gasteiger partial charge in [0.2, 0.25) is 0 Å². The van der Waals surface area contributed by atoms with Crippen LogP contribution in [-0.4, -0.2) is 42.2 Å². The topological polar surface area (TPSA) is 91.4 Å². The fourth-order valence-electron chi connectivity index (χ4n) is 4.31. The number of urea groups is 1. The van der Waals surface area contributed by atoms with Crippen molar-refractivity contribution in [3.05, 3.63) is 103 Å². The van der Waals surface area contributed by atoms with E-state index in [2.05, 4.69) is 56.2 Å². The number of amides is 2. The summed E-state index contributed by atoms with van der Waals surface area (Å²) in [5.41, 5.74) is 5.87. The highest BCUT2D eigenvalue weighted by atomic mass is 16.5. The second-order valence-electron chi connectivity index (χ2n) is 8.75. The molecule has 1 aliphatic rings. The van der Waals surface area contributed by atoms with Crippen molar-refractivity contribution < 1.29 is 9.53 Å². The molecule has 8 nitrogen and oxygen atoms in total. The van der Waals surface area contributed by atoms with E-state index in [4.69, 9.17) is 9.72 Å². The van der Waals surface area contributed by atoms with Crippen LogP contribution < -0.4 is 25.6 Å². The maximum absolute atomic E-state index is 12.2. The predicted molar refractivity (Wildman–Crippen MR) is 146 cm³/mol. The molecule has 3 heterocycles. The molecule has 0 radical (unpaired) electrons. The second-order valence-corrected chi connectivity index (χ2v) is 8.75. The second kappa shape index (κ2) is 12.0. The lowest BCUT2D eigenvalue weighted by molar-refractivity contribution is 0.251. The molecule has 188 valence electrons. The van der Waals surface area contributed by atoms with Gasteiger partial charge in [-0.2, -0.15) is 0 Å². The summed E-state index contributed by atoms with van der Waals surface area (Å²) in [6.45, 7) is 4.69. The third-order valence-corrected chi connectivity index (χ3v) is 6.19. The zero-order valence-corrected chi connectivity index (χ0v) is 20.6. The largest absolute Gasteiger partial charge is 0.489 e. The summed E-state index contributed by atoms with van der Waals surface area (Å²) in [6.07, 6.45) is 5.26. The van der Waals surface area contributed by atoms with Crippen LogP contribution in [0.4, 0.5) is 16.2 Å². The van der Waals surface area contributed by atoms with E-state index in [1.165, 1.54) is 5.69 Å². The molecule has 8 heteroatoms. The predicted octanol–water partition coefficient (Wildman–Crippen LogP) is 4.45. The van der Waals surface area contributed by atoms with E-state index in [-0.39, 0.29) is 6.03 Å². The lowest BCUT2D eigenvalue weighted by Gasteiger charge is -2.31. The Labute approximate surface area is 216 Å². The first kappa shape index (κ1) is 24.3. The molecule has 1 fully saturated rings. The van der Waals surface area contributed by atoms with Crippen molar-refractivity contribution in [3.63, 3.8) is 0 Å². The number of pyridine rings is 2. The molecule has 3 N–H and O–H groups in total. The van der Waals surface area contributed by atoms with Crippen LogP contribution in [0.25, 0.3) is 11.3 Å². The van der Waals surface area contributed by atoms with Gasteiger partial charge in [-0.3, -0.25) is 9.97 Å². The molecule has 0 atom stereocenters. The van der Waals surface area contributed by atoms with Crippen LogP contribution >= 0.6 is 0 Å². The monoisotopic (exact) mass is 494 g/mol. The van der Waals surface area contributed by atoms with Crippen LogP contribution in [0.15, 0.2) is 91.4 Å². The summed E-state index contributed by atoms with van der Waals surface area (Å²) in [6, 6.07) is 23.2. The van der Waals surface area contributed by atoms with E-state index in [0.717, 1.165) is 48.6 Å². The summed E-state index contributed by atoms with van der Waals surface area (Å²) in [4.78, 5) is 23.4. The van der Waals surface area contributed by atoms with Gasteiger partial charge in [0.25, 0.3) is 0 Å². The summed E-state index contributed by atoms with van der Waals surface area (Å²) in [7, 11) is 0. The number of anilines is 2. The van der Waals surface area contributed by atoms with Gasteiger partial charge in [-0.25, -0.2) is 4.79 Å². The highest BCUT2D eigenvalue weighted by Gasteiger charge is 2.17. The van der Waals surface area contributed by atoms with Crippen LogP contribution in [0.1, 0.15) is 11.1 Å². The fourth-order valence-corrected chi connectivity index (χ4v) is 4.31. The number of hydrogen-bond donors (Lipinski definition) is 3. The summed E-state index contributed by atoms with van der Waals surface area (Å²) < 4.78 is 6.11. The van der Waals surface area contributed by atoms with Crippen LogP contribution in [0, 0.1) is 0 Å². The van der Waals surface area contributed by atoms with E-state index in [9.17, 15) is 4.79 Å². The highest BCUT2D eigenvalue weighted by molar-refractivity contribution is 5.89. The lowest BCUT2D eigenvalue weighted by atomic mass is 10.0. The molecule has 0 spiro atoms. The minimum Gasteiger partial charge on any atom is -0.489 e. The molecule has 0 bridgehead atoms. The van der Waals surface area contributed by atoms with Gasteiger partial charge in [-0.05, 0) is 48.0 Å². The molecule has 1 aliphatic heterocycles. The average molecular weight is 495 g/mol. The van der Waals surface area contributed by atoms with E-state index in [0.29, 0.717) is 24.6 Å². The van der Waals surface area contributed by atoms with Gasteiger partial charge in [0.15, 0.2) is 0 Å². The number of hydrogen-bond acceptors (Lipinski definition) is 6. The summed E-state index contributed by atoms with van der Waals surface area (Å²) in [5.74, 6) is 0.714. The third-order valence-electron chi connectivity index (χ3n) is 6.19. The molecule has 37 heavy (non-hydrogen) atoms. The fraction of sp³-hybridized carbons (Fsp3) is 0.207. The summed E-state index contributed by atoms with van der Waals surface area (Å²) >= 11 is 0. The van der Waals surface area contributed by atoms with Crippen molar-refractivity contribution in [2.75, 3.05) is 36.4 Å². The maximum Gasteiger partial charge on any atom is 0.319 e. The number of carbonyl (C=O) groups excluding carboxylic acids is 1. The molecule has 1 saturated heterocycles. The van der Waals surface area contributed by atoms with E-state index >= 15 is 0 Å². The number of nitrogens with zero attached hydrogens (tertiary/aromatic N) is 3. The minimum atomic E-state index is -0.277. The Bertz CT molecular complexity index is 1310. The van der Waals surface area contributed by atoms with Crippen LogP contribution in [-0.2, 0) is 13.2 Å². The number of aromatic nitrogens is 2. The molecule has 4 aromatic rings. The standard InChI is InChI=1S/C29H30N6O2/c36-29(33-20-22-5-3-13-31-19-22)34-24-9-11-25(12-10-24)37-21-23-6-4-14-32-28(23)26-7-1-2-8-27(26)35-17-15-30-16-18-35/h1-14,19,30H,15-18,20-21H2,(H2,33,34,36). The molecule has 0 aliphatic carbocycles. The molecule has 0 unspecified atom stereocenters. The Hall–Kier alpha value is -4.43. The Balaban J connectivity index is 1.21. The van der Waals surface area contributed by atoms with Crippen molar-refractivity contribution in [3.8, 4) is 17.0 Å². The van der Waals surface area contributed by atoms with E-state index in [1.807, 2.05) is 48.7 Å². The Morgan fingerprint density at radius 3 is 2.57 bits per heavy atom. The molecule has 5 rings (SSSR count). The Morgan fingerprint density at radius 1 is 0.946 bits per heavy atom. The van der Waals surface area contributed by atoms with Crippen molar-refractivity contribution in [1.82, 2.24) is 20.6 Å². The van der Waals surface area contributed by atoms with E-state index < -0.39 is 0 Å². The lowest BCUT2D eigenvalue weighted by Crippen LogP contribution is -2.43. The van der Waals surface area contributed by atoms with Crippen LogP contribution in [0.2, 0.25) is 0 Å². The van der Waals surface area contributed by atoms with Gasteiger partial charge < -0.3 is 25.6 Å². The maximum atomic E-state index is 12.2. The van der Waals surface area contributed by atoms with E-state index in [1.54, 1.807) is 12.4 Å². The normalized spacial score (nSPS) is 13.1. The first-order chi connectivity index (χ1) is 18.3. The first-order valence-corrected chi connectivity index (χ1v) is 12.4. The number of nitrogens with one attached hydrogen (secondary N) is 3. The number of para-hydroxylation sites is 1. The molecular formula is C29H30N6O2. The Morgan fingerprint density at radius 2 is 1.76 bits per heavy atom. The van der Waals surface area contributed by atoms with Crippen molar-refractivity contribution in [1.29, 1.82) is 0 Å². The van der Waals surface area contributed by atoms with Crippen LogP contribution in [0.3, 0.4) is 0 Å². The average Bonchev–Trinajstić information content (AvgIpc) is 2.97. The zero-order chi connectivity index (χ0) is 25.3. The van der Waals surface area contributed by atoms with Crippen molar-refractivity contribution in [2.45, 2.75) is 13.2 Å². The molecular weight excluding hydrogens is 464 g/mol. The summed E-state index contributed by atoms with van der Waals surface area (Å²) in [5, 5.41) is 9.07. The van der Waals surface area contributed by atoms with Gasteiger partial charge in [0.1, 0.15) is 12.4 Å². The number of piperazine rings is 1. The van der Waals surface area contributed by atoms with Gasteiger partial charge in [-0.1, -0.05) is 30.3 Å². The van der Waals surface area contributed by atoms with Gasteiger partial charge in [0, 0.05) is 73.8 Å².